The summed E-state index contributed by atoms with van der Waals surface area (Å²) >= 11 is 0. The number of rotatable bonds is 6. The second-order valence-electron chi connectivity index (χ2n) is 8.61. The minimum absolute atomic E-state index is 0.0882. The number of amides is 1. The molecule has 0 spiro atoms. The van der Waals surface area contributed by atoms with Gasteiger partial charge in [0.05, 0.1) is 39.5 Å². The molecule has 1 aromatic carbocycles. The van der Waals surface area contributed by atoms with E-state index in [-0.39, 0.29) is 16.8 Å². The Balaban J connectivity index is 1.78. The number of Topliss-reactive ketones (excluding diaryl/α,β-unsaturated/α-hetero) is 1. The predicted molar refractivity (Wildman–Crippen MR) is 121 cm³/mol. The van der Waals surface area contributed by atoms with Crippen molar-refractivity contribution in [1.29, 1.82) is 0 Å². The molecule has 34 heavy (non-hydrogen) atoms. The molecule has 180 valence electrons. The van der Waals surface area contributed by atoms with Crippen LogP contribution in [-0.4, -0.2) is 74.0 Å². The zero-order chi connectivity index (χ0) is 24.4. The third-order valence-electron chi connectivity index (χ3n) is 6.61. The van der Waals surface area contributed by atoms with Gasteiger partial charge in [0, 0.05) is 11.3 Å². The number of nitrogens with zero attached hydrogens (tertiary/aromatic N) is 1. The van der Waals surface area contributed by atoms with Crippen molar-refractivity contribution >= 4 is 23.4 Å². The van der Waals surface area contributed by atoms with Crippen LogP contribution in [0.5, 0.6) is 0 Å². The molecule has 0 radical (unpaired) electrons. The lowest BCUT2D eigenvalue weighted by atomic mass is 9.94. The van der Waals surface area contributed by atoms with Gasteiger partial charge in [-0.25, -0.2) is 4.79 Å². The van der Waals surface area contributed by atoms with E-state index in [2.05, 4.69) is 4.98 Å². The van der Waals surface area contributed by atoms with Gasteiger partial charge < -0.3 is 29.4 Å². The predicted octanol–water partition coefficient (Wildman–Crippen LogP) is -0.443. The number of aryl methyl sites for hydroxylation is 1. The molecule has 0 aliphatic carbocycles. The molecule has 9 nitrogen and oxygen atoms in total. The van der Waals surface area contributed by atoms with Crippen LogP contribution in [0, 0.1) is 13.8 Å². The van der Waals surface area contributed by atoms with Gasteiger partial charge in [0.15, 0.2) is 0 Å². The number of aromatic amines is 1. The standard InChI is InChI=1S/C25H29N3O6/c1-15-18(16(2)26-20(15)25(32)33-3)22(29)19-21(17-7-5-4-6-8-17)28(24(31)23(19)30)10-9-27-11-13-34-14-12-27/h4-8,21,26,29H,9-14H2,1-3H3/b22-19+. The maximum atomic E-state index is 13.8. The van der Waals surface area contributed by atoms with Crippen molar-refractivity contribution in [2.24, 2.45) is 0 Å². The molecule has 1 atom stereocenters. The van der Waals surface area contributed by atoms with E-state index in [1.54, 1.807) is 13.8 Å². The molecule has 2 fully saturated rings. The molecular weight excluding hydrogens is 438 g/mol. The lowest BCUT2D eigenvalue weighted by Gasteiger charge is -2.30. The van der Waals surface area contributed by atoms with Crippen LogP contribution < -0.4 is 10.0 Å². The van der Waals surface area contributed by atoms with E-state index >= 15 is 0 Å². The van der Waals surface area contributed by atoms with E-state index in [0.717, 1.165) is 13.1 Å². The number of likely N-dealkylation sites (tertiary alicyclic amines) is 1. The Hall–Kier alpha value is -3.43. The van der Waals surface area contributed by atoms with Gasteiger partial charge in [0.2, 0.25) is 5.78 Å². The molecule has 0 saturated carbocycles. The molecule has 4 rings (SSSR count). The maximum Gasteiger partial charge on any atom is 0.354 e. The highest BCUT2D eigenvalue weighted by atomic mass is 16.5. The normalized spacial score (nSPS) is 20.7. The number of hydrogen-bond acceptors (Lipinski definition) is 6. The summed E-state index contributed by atoms with van der Waals surface area (Å²) in [7, 11) is 1.26. The van der Waals surface area contributed by atoms with E-state index in [1.165, 1.54) is 16.9 Å². The van der Waals surface area contributed by atoms with E-state index in [9.17, 15) is 19.5 Å². The number of hydrogen-bond donors (Lipinski definition) is 2. The number of aromatic nitrogens is 1. The van der Waals surface area contributed by atoms with E-state index in [1.807, 2.05) is 30.3 Å². The smallest absolute Gasteiger partial charge is 0.354 e. The van der Waals surface area contributed by atoms with Gasteiger partial charge in [-0.3, -0.25) is 9.59 Å². The molecule has 3 heterocycles. The van der Waals surface area contributed by atoms with Crippen molar-refractivity contribution in [3.8, 4) is 0 Å². The first-order chi connectivity index (χ1) is 16.3. The van der Waals surface area contributed by atoms with Crippen molar-refractivity contribution in [2.75, 3.05) is 46.5 Å². The topological polar surface area (TPSA) is 116 Å². The van der Waals surface area contributed by atoms with Crippen LogP contribution in [0.4, 0.5) is 0 Å². The summed E-state index contributed by atoms with van der Waals surface area (Å²) < 4.78 is 10.2. The monoisotopic (exact) mass is 467 g/mol. The number of quaternary nitrogens is 1. The van der Waals surface area contributed by atoms with Crippen molar-refractivity contribution < 1.29 is 33.9 Å². The molecule has 0 bridgehead atoms. The first kappa shape index (κ1) is 23.7. The van der Waals surface area contributed by atoms with Crippen LogP contribution in [0.1, 0.15) is 38.9 Å². The highest BCUT2D eigenvalue weighted by Gasteiger charge is 2.44. The number of carbonyl (C=O) groups excluding carboxylic acids is 3. The summed E-state index contributed by atoms with van der Waals surface area (Å²) in [5.74, 6) is -2.62. The fourth-order valence-electron chi connectivity index (χ4n) is 4.80. The molecular formula is C25H29N3O6. The summed E-state index contributed by atoms with van der Waals surface area (Å²) in [4.78, 5) is 44.1. The number of ketones is 1. The Bertz CT molecular complexity index is 1130. The van der Waals surface area contributed by atoms with E-state index in [0.29, 0.717) is 43.1 Å². The lowest BCUT2D eigenvalue weighted by Crippen LogP contribution is -3.14. The second-order valence-corrected chi connectivity index (χ2v) is 8.61. The molecule has 1 unspecified atom stereocenters. The highest BCUT2D eigenvalue weighted by Crippen LogP contribution is 2.39. The van der Waals surface area contributed by atoms with Crippen LogP contribution in [-0.2, 0) is 19.1 Å². The third-order valence-corrected chi connectivity index (χ3v) is 6.61. The minimum atomic E-state index is -0.796. The molecule has 2 saturated heterocycles. The quantitative estimate of drug-likeness (QED) is 0.258. The summed E-state index contributed by atoms with van der Waals surface area (Å²) in [5.41, 5.74) is 1.82. The van der Waals surface area contributed by atoms with Crippen molar-refractivity contribution in [2.45, 2.75) is 19.9 Å². The van der Waals surface area contributed by atoms with Gasteiger partial charge in [-0.1, -0.05) is 36.1 Å². The van der Waals surface area contributed by atoms with Gasteiger partial charge in [0.25, 0.3) is 5.91 Å². The van der Waals surface area contributed by atoms with Crippen LogP contribution >= 0.6 is 0 Å². The fraction of sp³-hybridized carbons (Fsp3) is 0.400. The zero-order valence-electron chi connectivity index (χ0n) is 19.6. The van der Waals surface area contributed by atoms with Crippen molar-refractivity contribution in [3.05, 3.63) is 64.0 Å². The van der Waals surface area contributed by atoms with Crippen molar-refractivity contribution in [3.63, 3.8) is 0 Å². The minimum Gasteiger partial charge on any atom is -0.872 e. The Labute approximate surface area is 197 Å². The highest BCUT2D eigenvalue weighted by molar-refractivity contribution is 6.46. The van der Waals surface area contributed by atoms with Gasteiger partial charge >= 0.3 is 5.97 Å². The number of ether oxygens (including phenoxy) is 2. The number of benzene rings is 1. The number of nitrogens with one attached hydrogen (secondary N) is 2. The molecule has 1 amide bonds. The number of carbonyl (C=O) groups is 3. The van der Waals surface area contributed by atoms with Crippen LogP contribution in [0.25, 0.3) is 5.76 Å². The Kier molecular flexibility index (Phi) is 6.85. The Morgan fingerprint density at radius 3 is 2.53 bits per heavy atom. The van der Waals surface area contributed by atoms with Gasteiger partial charge in [-0.05, 0) is 30.5 Å². The summed E-state index contributed by atoms with van der Waals surface area (Å²) in [6, 6.07) is 8.32. The third kappa shape index (κ3) is 4.24. The molecule has 2 aliphatic heterocycles. The van der Waals surface area contributed by atoms with E-state index in [4.69, 9.17) is 9.47 Å². The molecule has 1 aromatic heterocycles. The number of morpholine rings is 1. The molecule has 2 aliphatic rings. The average Bonchev–Trinajstić information content (AvgIpc) is 3.30. The SMILES string of the molecule is COC(=O)c1[nH]c(C)c(/C([O-])=C2\C(=O)C(=O)N(CC[NH+]3CCOCC3)C2c2ccccc2)c1C. The van der Waals surface area contributed by atoms with Crippen LogP contribution in [0.2, 0.25) is 0 Å². The second kappa shape index (κ2) is 9.82. The lowest BCUT2D eigenvalue weighted by molar-refractivity contribution is -0.907. The number of H-pyrrole nitrogens is 1. The summed E-state index contributed by atoms with van der Waals surface area (Å²) in [6.07, 6.45) is 0. The first-order valence-corrected chi connectivity index (χ1v) is 11.4. The average molecular weight is 468 g/mol. The summed E-state index contributed by atoms with van der Waals surface area (Å²) in [5, 5.41) is 13.8. The zero-order valence-corrected chi connectivity index (χ0v) is 19.6. The van der Waals surface area contributed by atoms with Crippen LogP contribution in [0.15, 0.2) is 35.9 Å². The Morgan fingerprint density at radius 1 is 1.21 bits per heavy atom. The van der Waals surface area contributed by atoms with Crippen LogP contribution in [0.3, 0.4) is 0 Å². The molecule has 9 heteroatoms. The van der Waals surface area contributed by atoms with Gasteiger partial charge in [-0.15, -0.1) is 0 Å². The number of methoxy groups -OCH3 is 1. The summed E-state index contributed by atoms with van der Waals surface area (Å²) in [6.45, 7) is 7.27. The fourth-order valence-corrected chi connectivity index (χ4v) is 4.80. The van der Waals surface area contributed by atoms with E-state index < -0.39 is 29.5 Å². The van der Waals surface area contributed by atoms with Crippen molar-refractivity contribution in [1.82, 2.24) is 9.88 Å². The Morgan fingerprint density at radius 2 is 1.88 bits per heavy atom. The maximum absolute atomic E-state index is 13.8. The first-order valence-electron chi connectivity index (χ1n) is 11.4. The number of esters is 1. The molecule has 2 N–H and O–H groups in total. The molecule has 2 aromatic rings. The largest absolute Gasteiger partial charge is 0.872 e. The van der Waals surface area contributed by atoms with Gasteiger partial charge in [0.1, 0.15) is 18.8 Å². The van der Waals surface area contributed by atoms with Gasteiger partial charge in [-0.2, -0.15) is 0 Å².